The fourth-order valence-corrected chi connectivity index (χ4v) is 2.93. The van der Waals surface area contributed by atoms with Crippen LogP contribution in [-0.2, 0) is 21.1 Å². The first-order valence-corrected chi connectivity index (χ1v) is 8.27. The summed E-state index contributed by atoms with van der Waals surface area (Å²) in [6, 6.07) is 10.4. The average Bonchev–Trinajstić information content (AvgIpc) is 2.50. The molecule has 0 aliphatic rings. The van der Waals surface area contributed by atoms with Gasteiger partial charge in [0.2, 0.25) is 15.7 Å². The van der Waals surface area contributed by atoms with Crippen LogP contribution in [-0.4, -0.2) is 31.6 Å². The number of benzene rings is 1. The van der Waals surface area contributed by atoms with Crippen molar-refractivity contribution in [2.24, 2.45) is 0 Å². The molecule has 0 fully saturated rings. The van der Waals surface area contributed by atoms with Crippen molar-refractivity contribution >= 4 is 15.7 Å². The molecule has 116 valence electrons. The van der Waals surface area contributed by atoms with Crippen LogP contribution in [0.2, 0.25) is 0 Å². The highest BCUT2D eigenvalue weighted by molar-refractivity contribution is 7.92. The van der Waals surface area contributed by atoms with Crippen molar-refractivity contribution in [3.05, 3.63) is 60.0 Å². The largest absolute Gasteiger partial charge is 0.355 e. The molecule has 2 aromatic rings. The molecule has 0 aliphatic carbocycles. The van der Waals surface area contributed by atoms with E-state index in [-0.39, 0.29) is 17.4 Å². The number of hydrogen-bond acceptors (Lipinski definition) is 4. The first-order valence-electron chi connectivity index (χ1n) is 6.62. The van der Waals surface area contributed by atoms with Gasteiger partial charge in [-0.05, 0) is 36.2 Å². The molecule has 1 N–H and O–H groups in total. The zero-order chi connectivity index (χ0) is 16.0. The minimum atomic E-state index is -3.73. The topological polar surface area (TPSA) is 76.1 Å². The molecule has 7 heteroatoms. The minimum absolute atomic E-state index is 0.122. The maximum absolute atomic E-state index is 12.7. The maximum atomic E-state index is 12.7. The number of halogens is 1. The van der Waals surface area contributed by atoms with Gasteiger partial charge < -0.3 is 5.32 Å². The fourth-order valence-electron chi connectivity index (χ4n) is 1.83. The minimum Gasteiger partial charge on any atom is -0.355 e. The summed E-state index contributed by atoms with van der Waals surface area (Å²) in [5.41, 5.74) is 0.856. The third kappa shape index (κ3) is 4.63. The van der Waals surface area contributed by atoms with Crippen molar-refractivity contribution < 1.29 is 17.6 Å². The van der Waals surface area contributed by atoms with E-state index < -0.39 is 21.5 Å². The summed E-state index contributed by atoms with van der Waals surface area (Å²) in [7, 11) is -3.73. The molecule has 0 aliphatic heterocycles. The smallest absolute Gasteiger partial charge is 0.235 e. The predicted octanol–water partition coefficient (Wildman–Crippen LogP) is 1.35. The van der Waals surface area contributed by atoms with E-state index in [4.69, 9.17) is 0 Å². The lowest BCUT2D eigenvalue weighted by molar-refractivity contribution is -0.118. The lowest BCUT2D eigenvalue weighted by atomic mass is 10.1. The summed E-state index contributed by atoms with van der Waals surface area (Å²) in [5, 5.41) is 2.41. The molecule has 0 saturated carbocycles. The molecule has 1 heterocycles. The van der Waals surface area contributed by atoms with Crippen LogP contribution in [0.3, 0.4) is 0 Å². The number of nitrogens with one attached hydrogen (secondary N) is 1. The molecule has 5 nitrogen and oxygen atoms in total. The molecule has 0 bridgehead atoms. The second-order valence-electron chi connectivity index (χ2n) is 4.65. The summed E-state index contributed by atoms with van der Waals surface area (Å²) in [4.78, 5) is 15.4. The van der Waals surface area contributed by atoms with Gasteiger partial charge in [0.05, 0.1) is 0 Å². The van der Waals surface area contributed by atoms with E-state index in [0.717, 1.165) is 5.56 Å². The van der Waals surface area contributed by atoms with E-state index in [0.29, 0.717) is 6.42 Å². The van der Waals surface area contributed by atoms with Crippen molar-refractivity contribution in [2.45, 2.75) is 11.4 Å². The number of amides is 1. The summed E-state index contributed by atoms with van der Waals surface area (Å²) < 4.78 is 36.6. The molecule has 0 saturated heterocycles. The maximum Gasteiger partial charge on any atom is 0.235 e. The second-order valence-corrected chi connectivity index (χ2v) is 6.59. The van der Waals surface area contributed by atoms with Gasteiger partial charge in [-0.25, -0.2) is 17.8 Å². The molecule has 0 atom stereocenters. The van der Waals surface area contributed by atoms with E-state index in [1.165, 1.54) is 24.4 Å². The highest BCUT2D eigenvalue weighted by Crippen LogP contribution is 2.06. The molecule has 1 aromatic carbocycles. The fraction of sp³-hybridized carbons (Fsp3) is 0.200. The van der Waals surface area contributed by atoms with Gasteiger partial charge in [-0.2, -0.15) is 0 Å². The van der Waals surface area contributed by atoms with Crippen LogP contribution >= 0.6 is 0 Å². The lowest BCUT2D eigenvalue weighted by Crippen LogP contribution is -2.32. The highest BCUT2D eigenvalue weighted by atomic mass is 32.2. The van der Waals surface area contributed by atoms with Gasteiger partial charge in [0.1, 0.15) is 11.6 Å². The van der Waals surface area contributed by atoms with Crippen LogP contribution in [0, 0.1) is 5.82 Å². The van der Waals surface area contributed by atoms with Crippen molar-refractivity contribution in [2.75, 3.05) is 12.3 Å². The summed E-state index contributed by atoms with van der Waals surface area (Å²) in [6.07, 6.45) is 1.86. The van der Waals surface area contributed by atoms with Gasteiger partial charge >= 0.3 is 0 Å². The molecule has 0 radical (unpaired) electrons. The Morgan fingerprint density at radius 2 is 1.86 bits per heavy atom. The Bertz CT molecular complexity index is 731. The summed E-state index contributed by atoms with van der Waals surface area (Å²) in [6.45, 7) is 0.280. The molecule has 2 rings (SSSR count). The molecular formula is C15H15FN2O3S. The monoisotopic (exact) mass is 322 g/mol. The van der Waals surface area contributed by atoms with Crippen LogP contribution in [0.25, 0.3) is 0 Å². The Kier molecular flexibility index (Phi) is 5.21. The molecule has 1 amide bonds. The zero-order valence-corrected chi connectivity index (χ0v) is 12.5. The van der Waals surface area contributed by atoms with Crippen molar-refractivity contribution in [3.8, 4) is 0 Å². The summed E-state index contributed by atoms with van der Waals surface area (Å²) in [5.74, 6) is -1.56. The van der Waals surface area contributed by atoms with Crippen LogP contribution in [0.4, 0.5) is 4.39 Å². The molecule has 1 aromatic heterocycles. The number of nitrogens with zero attached hydrogens (tertiary/aromatic N) is 1. The van der Waals surface area contributed by atoms with E-state index in [1.807, 2.05) is 0 Å². The summed E-state index contributed by atoms with van der Waals surface area (Å²) >= 11 is 0. The highest BCUT2D eigenvalue weighted by Gasteiger charge is 2.19. The number of pyridine rings is 1. The number of carbonyl (C=O) groups excluding carboxylic acids is 1. The third-order valence-corrected chi connectivity index (χ3v) is 4.45. The van der Waals surface area contributed by atoms with E-state index in [9.17, 15) is 17.6 Å². The number of carbonyl (C=O) groups is 1. The van der Waals surface area contributed by atoms with Crippen molar-refractivity contribution in [1.29, 1.82) is 0 Å². The standard InChI is InChI=1S/C15H15FN2O3S/c16-13-6-4-12(5-7-13)8-10-17-14(19)11-22(20,21)15-3-1-2-9-18-15/h1-7,9H,8,10-11H2,(H,17,19). The van der Waals surface area contributed by atoms with Gasteiger partial charge in [0, 0.05) is 12.7 Å². The van der Waals surface area contributed by atoms with Gasteiger partial charge in [-0.3, -0.25) is 4.79 Å². The van der Waals surface area contributed by atoms with Gasteiger partial charge in [-0.15, -0.1) is 0 Å². The second kappa shape index (κ2) is 7.13. The number of sulfone groups is 1. The zero-order valence-electron chi connectivity index (χ0n) is 11.7. The van der Waals surface area contributed by atoms with Crippen molar-refractivity contribution in [3.63, 3.8) is 0 Å². The van der Waals surface area contributed by atoms with E-state index >= 15 is 0 Å². The Morgan fingerprint density at radius 1 is 1.14 bits per heavy atom. The first-order chi connectivity index (χ1) is 10.5. The Hall–Kier alpha value is -2.28. The quantitative estimate of drug-likeness (QED) is 0.871. The van der Waals surface area contributed by atoms with Crippen LogP contribution in [0.5, 0.6) is 0 Å². The van der Waals surface area contributed by atoms with E-state index in [2.05, 4.69) is 10.3 Å². The van der Waals surface area contributed by atoms with Gasteiger partial charge in [0.15, 0.2) is 5.03 Å². The Balaban J connectivity index is 1.84. The SMILES string of the molecule is O=C(CS(=O)(=O)c1ccccn1)NCCc1ccc(F)cc1. The molecule has 0 spiro atoms. The molecule has 22 heavy (non-hydrogen) atoms. The van der Waals surface area contributed by atoms with Crippen LogP contribution in [0.15, 0.2) is 53.7 Å². The average molecular weight is 322 g/mol. The van der Waals surface area contributed by atoms with Gasteiger partial charge in [-0.1, -0.05) is 18.2 Å². The third-order valence-electron chi connectivity index (χ3n) is 2.93. The predicted molar refractivity (Wildman–Crippen MR) is 79.4 cm³/mol. The normalized spacial score (nSPS) is 11.1. The Labute approximate surface area is 128 Å². The first kappa shape index (κ1) is 16.1. The number of aromatic nitrogens is 1. The Morgan fingerprint density at radius 3 is 2.50 bits per heavy atom. The van der Waals surface area contributed by atoms with Crippen LogP contribution < -0.4 is 5.32 Å². The lowest BCUT2D eigenvalue weighted by Gasteiger charge is -2.06. The number of rotatable bonds is 6. The van der Waals surface area contributed by atoms with Gasteiger partial charge in [0.25, 0.3) is 0 Å². The molecule has 0 unspecified atom stereocenters. The van der Waals surface area contributed by atoms with Crippen LogP contribution in [0.1, 0.15) is 5.56 Å². The number of hydrogen-bond donors (Lipinski definition) is 1. The molecular weight excluding hydrogens is 307 g/mol. The van der Waals surface area contributed by atoms with E-state index in [1.54, 1.807) is 24.3 Å². The van der Waals surface area contributed by atoms with Crippen molar-refractivity contribution in [1.82, 2.24) is 10.3 Å².